The molecule has 1 N–H and O–H groups in total. The summed E-state index contributed by atoms with van der Waals surface area (Å²) >= 11 is 0. The molecule has 1 aliphatic heterocycles. The van der Waals surface area contributed by atoms with E-state index in [1.54, 1.807) is 36.3 Å². The van der Waals surface area contributed by atoms with Gasteiger partial charge >= 0.3 is 0 Å². The molecule has 0 radical (unpaired) electrons. The number of morpholine rings is 1. The lowest BCUT2D eigenvalue weighted by molar-refractivity contribution is 0.0303. The molecule has 142 valence electrons. The van der Waals surface area contributed by atoms with E-state index in [4.69, 9.17) is 9.47 Å². The summed E-state index contributed by atoms with van der Waals surface area (Å²) in [4.78, 5) is 26.7. The van der Waals surface area contributed by atoms with Crippen LogP contribution in [0.3, 0.4) is 0 Å². The monoisotopic (exact) mass is 368 g/mol. The maximum Gasteiger partial charge on any atom is 0.254 e. The van der Waals surface area contributed by atoms with Crippen LogP contribution in [0.25, 0.3) is 0 Å². The summed E-state index contributed by atoms with van der Waals surface area (Å²) in [6.45, 7) is 2.77. The number of carbonyl (C=O) groups is 2. The Balaban J connectivity index is 1.57. The third-order valence-electron chi connectivity index (χ3n) is 4.50. The van der Waals surface area contributed by atoms with Gasteiger partial charge in [-0.3, -0.25) is 9.59 Å². The number of hydrogen-bond donors (Lipinski definition) is 1. The number of benzene rings is 2. The molecule has 0 aliphatic carbocycles. The largest absolute Gasteiger partial charge is 0.497 e. The van der Waals surface area contributed by atoms with Gasteiger partial charge in [0.2, 0.25) is 0 Å². The predicted molar refractivity (Wildman–Crippen MR) is 102 cm³/mol. The Hall–Kier alpha value is -2.86. The molecule has 0 aromatic heterocycles. The number of hydrogen-bond acceptors (Lipinski definition) is 4. The molecular formula is C21H24N2O4. The van der Waals surface area contributed by atoms with Crippen molar-refractivity contribution < 1.29 is 19.1 Å². The summed E-state index contributed by atoms with van der Waals surface area (Å²) in [6.07, 6.45) is 0.704. The van der Waals surface area contributed by atoms with Gasteiger partial charge in [0.1, 0.15) is 5.75 Å². The molecule has 0 spiro atoms. The first-order valence-corrected chi connectivity index (χ1v) is 9.05. The summed E-state index contributed by atoms with van der Waals surface area (Å²) in [5.41, 5.74) is 2.10. The molecule has 6 heteroatoms. The van der Waals surface area contributed by atoms with E-state index in [2.05, 4.69) is 5.32 Å². The molecule has 0 bridgehead atoms. The fraction of sp³-hybridized carbons (Fsp3) is 0.333. The summed E-state index contributed by atoms with van der Waals surface area (Å²) in [7, 11) is 1.63. The highest BCUT2D eigenvalue weighted by Crippen LogP contribution is 2.13. The van der Waals surface area contributed by atoms with E-state index in [9.17, 15) is 9.59 Å². The fourth-order valence-electron chi connectivity index (χ4n) is 2.99. The van der Waals surface area contributed by atoms with Crippen LogP contribution in [0.4, 0.5) is 0 Å². The van der Waals surface area contributed by atoms with Gasteiger partial charge in [0.05, 0.1) is 20.3 Å². The zero-order chi connectivity index (χ0) is 19.1. The molecule has 27 heavy (non-hydrogen) atoms. The Bertz CT molecular complexity index is 800. The minimum absolute atomic E-state index is 0.0654. The lowest BCUT2D eigenvalue weighted by Crippen LogP contribution is -2.40. The van der Waals surface area contributed by atoms with Gasteiger partial charge in [-0.1, -0.05) is 18.2 Å². The van der Waals surface area contributed by atoms with Crippen LogP contribution in [0.5, 0.6) is 5.75 Å². The summed E-state index contributed by atoms with van der Waals surface area (Å²) < 4.78 is 10.5. The smallest absolute Gasteiger partial charge is 0.254 e. The second-order valence-electron chi connectivity index (χ2n) is 6.34. The van der Waals surface area contributed by atoms with Crippen LogP contribution in [-0.2, 0) is 11.2 Å². The van der Waals surface area contributed by atoms with Crippen molar-refractivity contribution in [1.82, 2.24) is 10.2 Å². The SMILES string of the molecule is COc1cccc(CCNC(=O)c2cccc(C(=O)N3CCOCC3)c2)c1. The zero-order valence-corrected chi connectivity index (χ0v) is 15.4. The number of carbonyl (C=O) groups excluding carboxylic acids is 2. The normalized spacial score (nSPS) is 13.9. The Morgan fingerprint density at radius 1 is 1.07 bits per heavy atom. The molecule has 1 saturated heterocycles. The maximum absolute atomic E-state index is 12.6. The summed E-state index contributed by atoms with van der Waals surface area (Å²) in [5, 5.41) is 2.91. The van der Waals surface area contributed by atoms with Crippen molar-refractivity contribution in [3.05, 3.63) is 65.2 Å². The molecule has 2 aromatic carbocycles. The van der Waals surface area contributed by atoms with E-state index in [0.29, 0.717) is 50.4 Å². The van der Waals surface area contributed by atoms with Crippen molar-refractivity contribution in [3.63, 3.8) is 0 Å². The zero-order valence-electron chi connectivity index (χ0n) is 15.4. The quantitative estimate of drug-likeness (QED) is 0.848. The minimum atomic E-state index is -0.186. The second-order valence-corrected chi connectivity index (χ2v) is 6.34. The molecule has 0 atom stereocenters. The number of methoxy groups -OCH3 is 1. The van der Waals surface area contributed by atoms with Gasteiger partial charge in [-0.15, -0.1) is 0 Å². The number of ether oxygens (including phenoxy) is 2. The molecule has 0 unspecified atom stereocenters. The van der Waals surface area contributed by atoms with Crippen molar-refractivity contribution >= 4 is 11.8 Å². The fourth-order valence-corrected chi connectivity index (χ4v) is 2.99. The van der Waals surface area contributed by atoms with Crippen molar-refractivity contribution in [1.29, 1.82) is 0 Å². The van der Waals surface area contributed by atoms with Crippen LogP contribution in [0.2, 0.25) is 0 Å². The third kappa shape index (κ3) is 5.08. The number of rotatable bonds is 6. The van der Waals surface area contributed by atoms with Gasteiger partial charge in [0, 0.05) is 30.8 Å². The highest BCUT2D eigenvalue weighted by atomic mass is 16.5. The maximum atomic E-state index is 12.6. The van der Waals surface area contributed by atoms with E-state index in [-0.39, 0.29) is 11.8 Å². The number of amides is 2. The van der Waals surface area contributed by atoms with Gasteiger partial charge in [-0.2, -0.15) is 0 Å². The Labute approximate surface area is 159 Å². The van der Waals surface area contributed by atoms with Crippen molar-refractivity contribution in [3.8, 4) is 5.75 Å². The first-order chi connectivity index (χ1) is 13.2. The molecule has 1 aliphatic rings. The van der Waals surface area contributed by atoms with Crippen LogP contribution in [0.1, 0.15) is 26.3 Å². The van der Waals surface area contributed by atoms with E-state index in [1.165, 1.54) is 0 Å². The van der Waals surface area contributed by atoms with E-state index in [0.717, 1.165) is 11.3 Å². The van der Waals surface area contributed by atoms with E-state index >= 15 is 0 Å². The van der Waals surface area contributed by atoms with Crippen molar-refractivity contribution in [2.45, 2.75) is 6.42 Å². The molecule has 1 heterocycles. The molecular weight excluding hydrogens is 344 g/mol. The molecule has 2 amide bonds. The molecule has 0 saturated carbocycles. The first-order valence-electron chi connectivity index (χ1n) is 9.05. The van der Waals surface area contributed by atoms with Crippen LogP contribution in [-0.4, -0.2) is 56.7 Å². The minimum Gasteiger partial charge on any atom is -0.497 e. The lowest BCUT2D eigenvalue weighted by atomic mass is 10.1. The highest BCUT2D eigenvalue weighted by Gasteiger charge is 2.19. The highest BCUT2D eigenvalue weighted by molar-refractivity contribution is 5.99. The Morgan fingerprint density at radius 2 is 1.81 bits per heavy atom. The number of nitrogens with zero attached hydrogens (tertiary/aromatic N) is 1. The average molecular weight is 368 g/mol. The summed E-state index contributed by atoms with van der Waals surface area (Å²) in [6, 6.07) is 14.6. The molecule has 6 nitrogen and oxygen atoms in total. The Kier molecular flexibility index (Phi) is 6.44. The van der Waals surface area contributed by atoms with E-state index < -0.39 is 0 Å². The van der Waals surface area contributed by atoms with Gasteiger partial charge < -0.3 is 19.7 Å². The van der Waals surface area contributed by atoms with E-state index in [1.807, 2.05) is 24.3 Å². The topological polar surface area (TPSA) is 67.9 Å². The molecule has 2 aromatic rings. The van der Waals surface area contributed by atoms with Gasteiger partial charge in [-0.25, -0.2) is 0 Å². The predicted octanol–water partition coefficient (Wildman–Crippen LogP) is 2.14. The van der Waals surface area contributed by atoms with Crippen LogP contribution in [0.15, 0.2) is 48.5 Å². The number of nitrogens with one attached hydrogen (secondary N) is 1. The van der Waals surface area contributed by atoms with Gasteiger partial charge in [0.15, 0.2) is 0 Å². The standard InChI is InChI=1S/C21H24N2O4/c1-26-19-7-2-4-16(14-19)8-9-22-20(24)17-5-3-6-18(15-17)21(25)23-10-12-27-13-11-23/h2-7,14-15H,8-13H2,1H3,(H,22,24). The van der Waals surface area contributed by atoms with Crippen molar-refractivity contribution in [2.24, 2.45) is 0 Å². The average Bonchev–Trinajstić information content (AvgIpc) is 2.74. The van der Waals surface area contributed by atoms with Gasteiger partial charge in [-0.05, 0) is 42.3 Å². The first kappa shape index (κ1) is 18.9. The summed E-state index contributed by atoms with van der Waals surface area (Å²) in [5.74, 6) is 0.548. The second kappa shape index (κ2) is 9.19. The van der Waals surface area contributed by atoms with Gasteiger partial charge in [0.25, 0.3) is 11.8 Å². The van der Waals surface area contributed by atoms with Crippen LogP contribution in [0, 0.1) is 0 Å². The Morgan fingerprint density at radius 3 is 2.59 bits per heavy atom. The van der Waals surface area contributed by atoms with Crippen molar-refractivity contribution in [2.75, 3.05) is 40.0 Å². The van der Waals surface area contributed by atoms with Crippen LogP contribution >= 0.6 is 0 Å². The lowest BCUT2D eigenvalue weighted by Gasteiger charge is -2.27. The van der Waals surface area contributed by atoms with Crippen LogP contribution < -0.4 is 10.1 Å². The molecule has 3 rings (SSSR count). The molecule has 1 fully saturated rings. The third-order valence-corrected chi connectivity index (χ3v) is 4.50.